The van der Waals surface area contributed by atoms with Gasteiger partial charge in [0.1, 0.15) is 0 Å². The van der Waals surface area contributed by atoms with Gasteiger partial charge in [-0.25, -0.2) is 0 Å². The van der Waals surface area contributed by atoms with Crippen molar-refractivity contribution in [2.24, 2.45) is 0 Å². The van der Waals surface area contributed by atoms with E-state index in [-0.39, 0.29) is 0 Å². The van der Waals surface area contributed by atoms with Gasteiger partial charge in [-0.3, -0.25) is 0 Å². The number of hydrogen-bond acceptors (Lipinski definition) is 1. The molecule has 1 nitrogen and oxygen atoms in total. The average molecular weight is 291 g/mol. The molecule has 1 heteroatoms. The molecule has 0 bridgehead atoms. The maximum Gasteiger partial charge on any atom is 0.0481 e. The molecule has 0 N–H and O–H groups in total. The van der Waals surface area contributed by atoms with Gasteiger partial charge in [0, 0.05) is 17.9 Å². The first-order chi connectivity index (χ1) is 10.6. The molecule has 22 heavy (non-hydrogen) atoms. The summed E-state index contributed by atoms with van der Waals surface area (Å²) >= 11 is 0. The summed E-state index contributed by atoms with van der Waals surface area (Å²) < 4.78 is 0. The summed E-state index contributed by atoms with van der Waals surface area (Å²) in [7, 11) is 0. The third-order valence-electron chi connectivity index (χ3n) is 4.77. The fourth-order valence-electron chi connectivity index (χ4n) is 3.13. The molecule has 0 fully saturated rings. The van der Waals surface area contributed by atoms with E-state index >= 15 is 0 Å². The van der Waals surface area contributed by atoms with Crippen molar-refractivity contribution in [2.45, 2.75) is 40.0 Å². The van der Waals surface area contributed by atoms with E-state index in [4.69, 9.17) is 0 Å². The summed E-state index contributed by atoms with van der Waals surface area (Å²) in [6.45, 7) is 7.82. The van der Waals surface area contributed by atoms with E-state index < -0.39 is 0 Å². The van der Waals surface area contributed by atoms with Crippen molar-refractivity contribution in [1.82, 2.24) is 4.90 Å². The zero-order valence-electron chi connectivity index (χ0n) is 13.9. The summed E-state index contributed by atoms with van der Waals surface area (Å²) in [5.41, 5.74) is 8.49. The minimum absolute atomic E-state index is 1.07. The smallest absolute Gasteiger partial charge is 0.0481 e. The highest BCUT2D eigenvalue weighted by atomic mass is 15.1. The van der Waals surface area contributed by atoms with Crippen LogP contribution in [-0.4, -0.2) is 11.4 Å². The van der Waals surface area contributed by atoms with Gasteiger partial charge in [0.2, 0.25) is 0 Å². The molecule has 0 aromatic heterocycles. The van der Waals surface area contributed by atoms with E-state index in [0.29, 0.717) is 0 Å². The van der Waals surface area contributed by atoms with Gasteiger partial charge in [-0.1, -0.05) is 53.1 Å². The number of nitrogens with zero attached hydrogens (tertiary/aromatic N) is 1. The Kier molecular flexibility index (Phi) is 4.33. The van der Waals surface area contributed by atoms with Crippen LogP contribution in [0.15, 0.2) is 71.0 Å². The average Bonchev–Trinajstić information content (AvgIpc) is 2.65. The Morgan fingerprint density at radius 1 is 0.864 bits per heavy atom. The Labute approximate surface area is 134 Å². The predicted octanol–water partition coefficient (Wildman–Crippen LogP) is 5.69. The maximum absolute atomic E-state index is 2.53. The molecule has 0 radical (unpaired) electrons. The third kappa shape index (κ3) is 3.09. The molecular weight excluding hydrogens is 266 g/mol. The number of hydrogen-bond donors (Lipinski definition) is 0. The van der Waals surface area contributed by atoms with Crippen molar-refractivity contribution >= 4 is 5.70 Å². The fourth-order valence-corrected chi connectivity index (χ4v) is 3.13. The van der Waals surface area contributed by atoms with Crippen molar-refractivity contribution in [3.63, 3.8) is 0 Å². The molecule has 0 saturated heterocycles. The van der Waals surface area contributed by atoms with E-state index in [1.165, 1.54) is 33.7 Å². The van der Waals surface area contributed by atoms with Gasteiger partial charge in [-0.2, -0.15) is 0 Å². The van der Waals surface area contributed by atoms with Gasteiger partial charge >= 0.3 is 0 Å². The molecule has 114 valence electrons. The molecule has 0 spiro atoms. The van der Waals surface area contributed by atoms with Crippen LogP contribution < -0.4 is 0 Å². The van der Waals surface area contributed by atoms with Crippen LogP contribution in [0.2, 0.25) is 0 Å². The van der Waals surface area contributed by atoms with Crippen LogP contribution in [0.1, 0.15) is 45.6 Å². The first kappa shape index (κ1) is 14.9. The Balaban J connectivity index is 2.08. The van der Waals surface area contributed by atoms with Crippen LogP contribution in [0, 0.1) is 0 Å². The second kappa shape index (κ2) is 6.39. The van der Waals surface area contributed by atoms with E-state index in [0.717, 1.165) is 25.8 Å². The number of benzene rings is 1. The van der Waals surface area contributed by atoms with Crippen LogP contribution in [0.4, 0.5) is 0 Å². The van der Waals surface area contributed by atoms with E-state index in [1.807, 2.05) is 0 Å². The largest absolute Gasteiger partial charge is 0.344 e. The van der Waals surface area contributed by atoms with Crippen LogP contribution in [0.5, 0.6) is 0 Å². The van der Waals surface area contributed by atoms with Crippen molar-refractivity contribution in [1.29, 1.82) is 0 Å². The van der Waals surface area contributed by atoms with Gasteiger partial charge in [0.25, 0.3) is 0 Å². The normalized spacial score (nSPS) is 21.8. The monoisotopic (exact) mass is 291 g/mol. The lowest BCUT2D eigenvalue weighted by atomic mass is 10.0. The summed E-state index contributed by atoms with van der Waals surface area (Å²) in [6.07, 6.45) is 10.4. The number of rotatable bonds is 1. The number of fused-ring (bicyclic) bond motifs is 1. The van der Waals surface area contributed by atoms with Crippen molar-refractivity contribution < 1.29 is 0 Å². The van der Waals surface area contributed by atoms with Crippen molar-refractivity contribution in [3.8, 4) is 0 Å². The highest BCUT2D eigenvalue weighted by Gasteiger charge is 2.20. The first-order valence-corrected chi connectivity index (χ1v) is 8.22. The maximum atomic E-state index is 2.53. The molecule has 3 rings (SSSR count). The molecular formula is C21H25N. The molecule has 0 saturated carbocycles. The second-order valence-electron chi connectivity index (χ2n) is 6.43. The molecule has 0 unspecified atom stereocenters. The molecule has 1 aromatic carbocycles. The third-order valence-corrected chi connectivity index (χ3v) is 4.77. The predicted molar refractivity (Wildman–Crippen MR) is 95.2 cm³/mol. The summed E-state index contributed by atoms with van der Waals surface area (Å²) in [5, 5.41) is 0. The SMILES string of the molecule is CC1=C(C)CCN2C(=C1)CC/C(C)=C/C=C2c1ccccc1. The lowest BCUT2D eigenvalue weighted by Crippen LogP contribution is -2.23. The highest BCUT2D eigenvalue weighted by Crippen LogP contribution is 2.33. The minimum Gasteiger partial charge on any atom is -0.344 e. The fraction of sp³-hybridized carbons (Fsp3) is 0.333. The van der Waals surface area contributed by atoms with Crippen molar-refractivity contribution in [3.05, 3.63) is 76.5 Å². The summed E-state index contributed by atoms with van der Waals surface area (Å²) in [4.78, 5) is 2.53. The Bertz CT molecular complexity index is 671. The molecule has 0 amide bonds. The summed E-state index contributed by atoms with van der Waals surface area (Å²) in [5.74, 6) is 0. The standard InChI is InChI=1S/C21H25N/c1-16-9-11-20-15-18(3)17(2)13-14-22(20)21(12-10-16)19-7-5-4-6-8-19/h4-8,10,12,15H,9,11,13-14H2,1-3H3/b16-10+,21-12?. The molecule has 2 heterocycles. The molecule has 1 aromatic rings. The number of allylic oxidation sites excluding steroid dienone is 6. The topological polar surface area (TPSA) is 3.24 Å². The van der Waals surface area contributed by atoms with Gasteiger partial charge in [0.05, 0.1) is 0 Å². The minimum atomic E-state index is 1.07. The summed E-state index contributed by atoms with van der Waals surface area (Å²) in [6, 6.07) is 10.8. The van der Waals surface area contributed by atoms with E-state index in [2.05, 4.69) is 74.2 Å². The Morgan fingerprint density at radius 3 is 2.41 bits per heavy atom. The zero-order chi connectivity index (χ0) is 15.5. The van der Waals surface area contributed by atoms with Crippen LogP contribution >= 0.6 is 0 Å². The van der Waals surface area contributed by atoms with Gasteiger partial charge < -0.3 is 4.90 Å². The Hall–Kier alpha value is -2.02. The molecule has 2 aliphatic heterocycles. The molecule has 0 aliphatic carbocycles. The van der Waals surface area contributed by atoms with Crippen LogP contribution in [0.25, 0.3) is 5.70 Å². The highest BCUT2D eigenvalue weighted by molar-refractivity contribution is 5.68. The lowest BCUT2D eigenvalue weighted by Gasteiger charge is -2.31. The first-order valence-electron chi connectivity index (χ1n) is 8.22. The molecule has 2 aliphatic rings. The van der Waals surface area contributed by atoms with Crippen LogP contribution in [0.3, 0.4) is 0 Å². The van der Waals surface area contributed by atoms with Crippen LogP contribution in [-0.2, 0) is 0 Å². The molecule has 0 atom stereocenters. The Morgan fingerprint density at radius 2 is 1.64 bits per heavy atom. The second-order valence-corrected chi connectivity index (χ2v) is 6.43. The quantitative estimate of drug-likeness (QED) is 0.642. The van der Waals surface area contributed by atoms with Crippen molar-refractivity contribution in [2.75, 3.05) is 6.54 Å². The zero-order valence-corrected chi connectivity index (χ0v) is 13.9. The lowest BCUT2D eigenvalue weighted by molar-refractivity contribution is 0.471. The van der Waals surface area contributed by atoms with E-state index in [9.17, 15) is 0 Å². The van der Waals surface area contributed by atoms with Gasteiger partial charge in [-0.15, -0.1) is 0 Å². The van der Waals surface area contributed by atoms with Gasteiger partial charge in [0.15, 0.2) is 0 Å². The van der Waals surface area contributed by atoms with E-state index in [1.54, 1.807) is 0 Å². The van der Waals surface area contributed by atoms with Gasteiger partial charge in [-0.05, 0) is 57.7 Å².